The highest BCUT2D eigenvalue weighted by atomic mass is 16.1. The molecule has 2 aromatic rings. The number of hydrogen-bond donors (Lipinski definition) is 1. The van der Waals surface area contributed by atoms with E-state index in [1.54, 1.807) is 6.07 Å². The number of H-pyrrole nitrogens is 1. The van der Waals surface area contributed by atoms with Crippen molar-refractivity contribution in [3.8, 4) is 6.07 Å². The highest BCUT2D eigenvalue weighted by molar-refractivity contribution is 5.82. The molecule has 1 aromatic heterocycles. The van der Waals surface area contributed by atoms with Crippen LogP contribution in [0.1, 0.15) is 5.82 Å². The largest absolute Gasteiger partial charge is 0.369 e. The number of aromatic nitrogens is 2. The molecule has 20 heavy (non-hydrogen) atoms. The van der Waals surface area contributed by atoms with Gasteiger partial charge >= 0.3 is 0 Å². The molecule has 2 heterocycles. The third kappa shape index (κ3) is 2.24. The average molecular weight is 269 g/mol. The molecule has 0 unspecified atom stereocenters. The van der Waals surface area contributed by atoms with Crippen LogP contribution in [0.25, 0.3) is 10.9 Å². The molecule has 0 bridgehead atoms. The minimum atomic E-state index is -0.262. The third-order valence-electron chi connectivity index (χ3n) is 3.66. The number of nitriles is 1. The first kappa shape index (κ1) is 12.6. The molecule has 6 heteroatoms. The maximum atomic E-state index is 12.0. The molecule has 1 aromatic carbocycles. The minimum Gasteiger partial charge on any atom is -0.369 e. The van der Waals surface area contributed by atoms with E-state index in [1.165, 1.54) is 0 Å². The van der Waals surface area contributed by atoms with E-state index in [4.69, 9.17) is 5.26 Å². The van der Waals surface area contributed by atoms with Crippen LogP contribution in [0, 0.1) is 11.3 Å². The fourth-order valence-electron chi connectivity index (χ4n) is 2.44. The molecule has 1 aliphatic heterocycles. The summed E-state index contributed by atoms with van der Waals surface area (Å²) in [5.41, 5.74) is 1.33. The first-order valence-corrected chi connectivity index (χ1v) is 6.55. The molecule has 0 atom stereocenters. The summed E-state index contributed by atoms with van der Waals surface area (Å²) >= 11 is 0. The first-order valence-electron chi connectivity index (χ1n) is 6.55. The van der Waals surface area contributed by atoms with Crippen LogP contribution in [-0.4, -0.2) is 48.1 Å². The fourth-order valence-corrected chi connectivity index (χ4v) is 2.44. The normalized spacial score (nSPS) is 16.3. The molecule has 0 saturated carbocycles. The summed E-state index contributed by atoms with van der Waals surface area (Å²) in [5.74, 6) is 0.0508. The standard InChI is InChI=1S/C14H15N5O/c1-18-4-6-19(7-5-18)10-2-3-12-11(8-10)14(20)17-13(9-15)16-12/h2-3,8H,4-7H2,1H3,(H,16,17,20). The molecule has 102 valence electrons. The molecule has 0 radical (unpaired) electrons. The van der Waals surface area contributed by atoms with Crippen LogP contribution in [0.2, 0.25) is 0 Å². The van der Waals surface area contributed by atoms with Crippen molar-refractivity contribution in [3.05, 3.63) is 34.4 Å². The Labute approximate surface area is 116 Å². The zero-order chi connectivity index (χ0) is 14.1. The van der Waals surface area contributed by atoms with E-state index in [0.29, 0.717) is 10.9 Å². The minimum absolute atomic E-state index is 0.0508. The Bertz CT molecular complexity index is 737. The van der Waals surface area contributed by atoms with Crippen LogP contribution in [-0.2, 0) is 0 Å². The number of rotatable bonds is 1. The van der Waals surface area contributed by atoms with E-state index in [-0.39, 0.29) is 11.4 Å². The van der Waals surface area contributed by atoms with E-state index >= 15 is 0 Å². The van der Waals surface area contributed by atoms with Crippen molar-refractivity contribution in [1.82, 2.24) is 14.9 Å². The van der Waals surface area contributed by atoms with Gasteiger partial charge in [0.1, 0.15) is 6.07 Å². The highest BCUT2D eigenvalue weighted by Crippen LogP contribution is 2.20. The number of anilines is 1. The van der Waals surface area contributed by atoms with Gasteiger partial charge in [0.2, 0.25) is 5.82 Å². The number of hydrogen-bond acceptors (Lipinski definition) is 5. The van der Waals surface area contributed by atoms with E-state index in [9.17, 15) is 4.79 Å². The second-order valence-electron chi connectivity index (χ2n) is 5.02. The molecule has 1 fully saturated rings. The molecule has 3 rings (SSSR count). The number of nitrogens with zero attached hydrogens (tertiary/aromatic N) is 4. The maximum absolute atomic E-state index is 12.0. The maximum Gasteiger partial charge on any atom is 0.259 e. The second-order valence-corrected chi connectivity index (χ2v) is 5.02. The van der Waals surface area contributed by atoms with Gasteiger partial charge in [-0.05, 0) is 25.2 Å². The Morgan fingerprint density at radius 1 is 1.30 bits per heavy atom. The quantitative estimate of drug-likeness (QED) is 0.818. The van der Waals surface area contributed by atoms with Gasteiger partial charge in [0.15, 0.2) is 0 Å². The van der Waals surface area contributed by atoms with Crippen LogP contribution in [0.5, 0.6) is 0 Å². The molecule has 0 amide bonds. The Morgan fingerprint density at radius 2 is 2.05 bits per heavy atom. The summed E-state index contributed by atoms with van der Waals surface area (Å²) in [4.78, 5) is 23.1. The van der Waals surface area contributed by atoms with Gasteiger partial charge in [0.05, 0.1) is 10.9 Å². The number of piperazine rings is 1. The molecule has 1 saturated heterocycles. The van der Waals surface area contributed by atoms with Gasteiger partial charge < -0.3 is 9.80 Å². The SMILES string of the molecule is CN1CCN(c2ccc3nc(C#N)[nH]c(=O)c3c2)CC1. The predicted octanol–water partition coefficient (Wildman–Crippen LogP) is 0.547. The summed E-state index contributed by atoms with van der Waals surface area (Å²) < 4.78 is 0. The van der Waals surface area contributed by atoms with Gasteiger partial charge in [-0.2, -0.15) is 5.26 Å². The van der Waals surface area contributed by atoms with Gasteiger partial charge in [-0.25, -0.2) is 4.98 Å². The summed E-state index contributed by atoms with van der Waals surface area (Å²) in [6.07, 6.45) is 0. The van der Waals surface area contributed by atoms with Gasteiger partial charge in [0.25, 0.3) is 5.56 Å². The van der Waals surface area contributed by atoms with E-state index < -0.39 is 0 Å². The van der Waals surface area contributed by atoms with Crippen molar-refractivity contribution in [2.24, 2.45) is 0 Å². The van der Waals surface area contributed by atoms with E-state index in [1.807, 2.05) is 18.2 Å². The highest BCUT2D eigenvalue weighted by Gasteiger charge is 2.15. The van der Waals surface area contributed by atoms with Gasteiger partial charge in [0, 0.05) is 31.9 Å². The van der Waals surface area contributed by atoms with Crippen LogP contribution in [0.4, 0.5) is 5.69 Å². The lowest BCUT2D eigenvalue weighted by atomic mass is 10.2. The monoisotopic (exact) mass is 269 g/mol. The number of fused-ring (bicyclic) bond motifs is 1. The lowest BCUT2D eigenvalue weighted by Crippen LogP contribution is -2.44. The Morgan fingerprint density at radius 3 is 2.75 bits per heavy atom. The van der Waals surface area contributed by atoms with Crippen LogP contribution >= 0.6 is 0 Å². The molecular formula is C14H15N5O. The van der Waals surface area contributed by atoms with Crippen LogP contribution in [0.15, 0.2) is 23.0 Å². The van der Waals surface area contributed by atoms with Crippen molar-refractivity contribution in [2.45, 2.75) is 0 Å². The van der Waals surface area contributed by atoms with Gasteiger partial charge in [-0.15, -0.1) is 0 Å². The van der Waals surface area contributed by atoms with Crippen molar-refractivity contribution in [3.63, 3.8) is 0 Å². The smallest absolute Gasteiger partial charge is 0.259 e. The predicted molar refractivity (Wildman–Crippen MR) is 76.8 cm³/mol. The lowest BCUT2D eigenvalue weighted by molar-refractivity contribution is 0.313. The summed E-state index contributed by atoms with van der Waals surface area (Å²) in [6.45, 7) is 3.92. The number of aromatic amines is 1. The molecule has 0 spiro atoms. The van der Waals surface area contributed by atoms with Crippen LogP contribution in [0.3, 0.4) is 0 Å². The van der Waals surface area contributed by atoms with Crippen molar-refractivity contribution >= 4 is 16.6 Å². The van der Waals surface area contributed by atoms with E-state index in [2.05, 4.69) is 26.8 Å². The van der Waals surface area contributed by atoms with Crippen molar-refractivity contribution < 1.29 is 0 Å². The zero-order valence-corrected chi connectivity index (χ0v) is 11.3. The van der Waals surface area contributed by atoms with Gasteiger partial charge in [-0.1, -0.05) is 0 Å². The molecule has 6 nitrogen and oxygen atoms in total. The summed E-state index contributed by atoms with van der Waals surface area (Å²) in [5, 5.41) is 9.34. The third-order valence-corrected chi connectivity index (χ3v) is 3.66. The lowest BCUT2D eigenvalue weighted by Gasteiger charge is -2.34. The second kappa shape index (κ2) is 4.94. The zero-order valence-electron chi connectivity index (χ0n) is 11.3. The van der Waals surface area contributed by atoms with Crippen molar-refractivity contribution in [1.29, 1.82) is 5.26 Å². The molecule has 1 aliphatic rings. The molecule has 0 aliphatic carbocycles. The molecular weight excluding hydrogens is 254 g/mol. The first-order chi connectivity index (χ1) is 9.67. The fraction of sp³-hybridized carbons (Fsp3) is 0.357. The summed E-state index contributed by atoms with van der Waals surface area (Å²) in [6, 6.07) is 7.48. The Hall–Kier alpha value is -2.39. The van der Waals surface area contributed by atoms with Crippen LogP contribution < -0.4 is 10.5 Å². The van der Waals surface area contributed by atoms with Gasteiger partial charge in [-0.3, -0.25) is 9.78 Å². The topological polar surface area (TPSA) is 76.0 Å². The Kier molecular flexibility index (Phi) is 3.12. The van der Waals surface area contributed by atoms with E-state index in [0.717, 1.165) is 31.9 Å². The Balaban J connectivity index is 2.01. The number of benzene rings is 1. The number of likely N-dealkylation sites (N-methyl/N-ethyl adjacent to an activating group) is 1. The average Bonchev–Trinajstić information content (AvgIpc) is 2.47. The number of nitrogens with one attached hydrogen (secondary N) is 1. The van der Waals surface area contributed by atoms with Crippen molar-refractivity contribution in [2.75, 3.05) is 38.1 Å². The molecule has 1 N–H and O–H groups in total. The summed E-state index contributed by atoms with van der Waals surface area (Å²) in [7, 11) is 2.11.